The predicted molar refractivity (Wildman–Crippen MR) is 67.7 cm³/mol. The number of nitrogens with zero attached hydrogens (tertiary/aromatic N) is 1. The largest absolute Gasteiger partial charge is 0.312 e. The van der Waals surface area contributed by atoms with Crippen molar-refractivity contribution in [2.24, 2.45) is 17.8 Å². The van der Waals surface area contributed by atoms with Crippen molar-refractivity contribution in [2.75, 3.05) is 13.1 Å². The molecular weight excluding hydrogens is 228 g/mol. The molecule has 2 amide bonds. The Bertz CT molecular complexity index is 347. The van der Waals surface area contributed by atoms with Gasteiger partial charge in [-0.2, -0.15) is 0 Å². The smallest absolute Gasteiger partial charge is 0.233 e. The van der Waals surface area contributed by atoms with Gasteiger partial charge in [-0.05, 0) is 38.1 Å². The first kappa shape index (κ1) is 12.2. The number of hydrogen-bond acceptors (Lipinski definition) is 3. The third-order valence-corrected chi connectivity index (χ3v) is 4.99. The molecule has 4 nitrogen and oxygen atoms in total. The molecule has 2 heterocycles. The second-order valence-electron chi connectivity index (χ2n) is 6.11. The number of rotatable bonds is 2. The lowest BCUT2D eigenvalue weighted by molar-refractivity contribution is -0.141. The van der Waals surface area contributed by atoms with Gasteiger partial charge in [0.2, 0.25) is 11.8 Å². The molecule has 18 heavy (non-hydrogen) atoms. The van der Waals surface area contributed by atoms with Crippen molar-refractivity contribution in [2.45, 2.75) is 45.1 Å². The Morgan fingerprint density at radius 3 is 2.39 bits per heavy atom. The molecule has 0 bridgehead atoms. The Balaban J connectivity index is 1.69. The van der Waals surface area contributed by atoms with E-state index in [1.165, 1.54) is 12.8 Å². The molecule has 0 aromatic heterocycles. The van der Waals surface area contributed by atoms with Crippen molar-refractivity contribution >= 4 is 11.8 Å². The number of hydrogen-bond donors (Lipinski definition) is 1. The van der Waals surface area contributed by atoms with Crippen molar-refractivity contribution in [3.05, 3.63) is 0 Å². The summed E-state index contributed by atoms with van der Waals surface area (Å²) >= 11 is 0. The molecule has 4 atom stereocenters. The Kier molecular flexibility index (Phi) is 3.14. The van der Waals surface area contributed by atoms with E-state index >= 15 is 0 Å². The lowest BCUT2D eigenvalue weighted by Gasteiger charge is -2.32. The summed E-state index contributed by atoms with van der Waals surface area (Å²) in [5.41, 5.74) is 0. The molecule has 3 aliphatic rings. The Morgan fingerprint density at radius 2 is 1.78 bits per heavy atom. The van der Waals surface area contributed by atoms with Crippen LogP contribution >= 0.6 is 0 Å². The fraction of sp³-hybridized carbons (Fsp3) is 0.857. The highest BCUT2D eigenvalue weighted by atomic mass is 16.2. The highest BCUT2D eigenvalue weighted by molar-refractivity contribution is 6.05. The van der Waals surface area contributed by atoms with E-state index in [1.54, 1.807) is 4.90 Å². The van der Waals surface area contributed by atoms with Gasteiger partial charge in [0.25, 0.3) is 0 Å². The Labute approximate surface area is 108 Å². The molecule has 0 radical (unpaired) electrons. The van der Waals surface area contributed by atoms with Crippen LogP contribution < -0.4 is 5.32 Å². The molecule has 1 saturated carbocycles. The minimum atomic E-state index is 0.0106. The topological polar surface area (TPSA) is 49.4 Å². The van der Waals surface area contributed by atoms with Crippen molar-refractivity contribution in [3.8, 4) is 0 Å². The molecule has 0 spiro atoms. The van der Waals surface area contributed by atoms with Gasteiger partial charge in [-0.15, -0.1) is 0 Å². The molecule has 2 saturated heterocycles. The lowest BCUT2D eigenvalue weighted by atomic mass is 9.92. The quantitative estimate of drug-likeness (QED) is 0.748. The van der Waals surface area contributed by atoms with Crippen molar-refractivity contribution in [1.82, 2.24) is 10.2 Å². The molecule has 1 aliphatic carbocycles. The normalized spacial score (nSPS) is 40.4. The van der Waals surface area contributed by atoms with Crippen molar-refractivity contribution in [1.29, 1.82) is 0 Å². The average Bonchev–Trinajstić information content (AvgIpc) is 2.92. The van der Waals surface area contributed by atoms with Gasteiger partial charge < -0.3 is 5.32 Å². The summed E-state index contributed by atoms with van der Waals surface area (Å²) in [6, 6.07) is 0.297. The van der Waals surface area contributed by atoms with Gasteiger partial charge in [0, 0.05) is 12.6 Å². The first-order valence-corrected chi connectivity index (χ1v) is 7.27. The van der Waals surface area contributed by atoms with Crippen LogP contribution in [0.5, 0.6) is 0 Å². The summed E-state index contributed by atoms with van der Waals surface area (Å²) in [5, 5.41) is 3.46. The minimum absolute atomic E-state index is 0.0106. The van der Waals surface area contributed by atoms with E-state index in [1.807, 2.05) is 0 Å². The summed E-state index contributed by atoms with van der Waals surface area (Å²) in [4.78, 5) is 26.1. The summed E-state index contributed by atoms with van der Waals surface area (Å²) in [6.45, 7) is 3.81. The molecule has 4 unspecified atom stereocenters. The second-order valence-corrected chi connectivity index (χ2v) is 6.11. The fourth-order valence-corrected chi connectivity index (χ4v) is 3.80. The first-order chi connectivity index (χ1) is 8.68. The standard InChI is InChI=1S/C14H22N2O2/c1-9-4-3-7-15-12(9)8-16-13(17)10-5-2-6-11(10)14(16)18/h9-12,15H,2-8H2,1H3. The number of nitrogens with one attached hydrogen (secondary N) is 1. The van der Waals surface area contributed by atoms with Crippen LogP contribution in [0, 0.1) is 17.8 Å². The summed E-state index contributed by atoms with van der Waals surface area (Å²) < 4.78 is 0. The average molecular weight is 250 g/mol. The number of carbonyl (C=O) groups excluding carboxylic acids is 2. The zero-order chi connectivity index (χ0) is 12.7. The van der Waals surface area contributed by atoms with E-state index in [0.29, 0.717) is 18.5 Å². The SMILES string of the molecule is CC1CCCNC1CN1C(=O)C2CCCC2C1=O. The van der Waals surface area contributed by atoms with Gasteiger partial charge in [-0.1, -0.05) is 13.3 Å². The van der Waals surface area contributed by atoms with Crippen LogP contribution in [0.4, 0.5) is 0 Å². The van der Waals surface area contributed by atoms with E-state index in [2.05, 4.69) is 12.2 Å². The number of fused-ring (bicyclic) bond motifs is 1. The lowest BCUT2D eigenvalue weighted by Crippen LogP contribution is -2.49. The zero-order valence-corrected chi connectivity index (χ0v) is 11.0. The van der Waals surface area contributed by atoms with Crippen LogP contribution in [-0.2, 0) is 9.59 Å². The van der Waals surface area contributed by atoms with Crippen LogP contribution in [0.25, 0.3) is 0 Å². The van der Waals surface area contributed by atoms with Crippen LogP contribution in [0.2, 0.25) is 0 Å². The van der Waals surface area contributed by atoms with Crippen molar-refractivity contribution in [3.63, 3.8) is 0 Å². The van der Waals surface area contributed by atoms with Gasteiger partial charge in [0.1, 0.15) is 0 Å². The van der Waals surface area contributed by atoms with E-state index in [0.717, 1.165) is 25.8 Å². The second kappa shape index (κ2) is 4.65. The number of piperidine rings is 1. The van der Waals surface area contributed by atoms with Gasteiger partial charge >= 0.3 is 0 Å². The molecule has 3 rings (SSSR count). The van der Waals surface area contributed by atoms with Crippen LogP contribution in [-0.4, -0.2) is 35.8 Å². The molecule has 3 fully saturated rings. The zero-order valence-electron chi connectivity index (χ0n) is 11.0. The van der Waals surface area contributed by atoms with Crippen LogP contribution in [0.3, 0.4) is 0 Å². The Morgan fingerprint density at radius 1 is 1.11 bits per heavy atom. The van der Waals surface area contributed by atoms with E-state index < -0.39 is 0 Å². The molecule has 2 aliphatic heterocycles. The van der Waals surface area contributed by atoms with Gasteiger partial charge in [-0.25, -0.2) is 0 Å². The summed E-state index contributed by atoms with van der Waals surface area (Å²) in [7, 11) is 0. The Hall–Kier alpha value is -0.900. The number of likely N-dealkylation sites (tertiary alicyclic amines) is 1. The molecule has 1 N–H and O–H groups in total. The monoisotopic (exact) mass is 250 g/mol. The van der Waals surface area contributed by atoms with Gasteiger partial charge in [-0.3, -0.25) is 14.5 Å². The van der Waals surface area contributed by atoms with Crippen LogP contribution in [0.1, 0.15) is 39.0 Å². The molecule has 4 heteroatoms. The maximum atomic E-state index is 12.3. The molecular formula is C14H22N2O2. The first-order valence-electron chi connectivity index (χ1n) is 7.27. The van der Waals surface area contributed by atoms with Gasteiger partial charge in [0.15, 0.2) is 0 Å². The van der Waals surface area contributed by atoms with E-state index in [-0.39, 0.29) is 23.7 Å². The molecule has 100 valence electrons. The highest BCUT2D eigenvalue weighted by Crippen LogP contribution is 2.39. The van der Waals surface area contributed by atoms with E-state index in [9.17, 15) is 9.59 Å². The number of imide groups is 1. The fourth-order valence-electron chi connectivity index (χ4n) is 3.80. The molecule has 0 aromatic carbocycles. The maximum absolute atomic E-state index is 12.3. The van der Waals surface area contributed by atoms with Crippen molar-refractivity contribution < 1.29 is 9.59 Å². The maximum Gasteiger partial charge on any atom is 0.233 e. The third kappa shape index (κ3) is 1.87. The summed E-state index contributed by atoms with van der Waals surface area (Å²) in [6.07, 6.45) is 5.27. The molecule has 0 aromatic rings. The van der Waals surface area contributed by atoms with Gasteiger partial charge in [0.05, 0.1) is 11.8 Å². The highest BCUT2D eigenvalue weighted by Gasteiger charge is 2.50. The minimum Gasteiger partial charge on any atom is -0.312 e. The van der Waals surface area contributed by atoms with E-state index in [4.69, 9.17) is 0 Å². The predicted octanol–water partition coefficient (Wildman–Crippen LogP) is 1.16. The third-order valence-electron chi connectivity index (χ3n) is 4.99. The number of carbonyl (C=O) groups is 2. The number of amides is 2. The van der Waals surface area contributed by atoms with Crippen LogP contribution in [0.15, 0.2) is 0 Å². The summed E-state index contributed by atoms with van der Waals surface area (Å²) in [5.74, 6) is 0.775.